The summed E-state index contributed by atoms with van der Waals surface area (Å²) >= 11 is 0. The van der Waals surface area contributed by atoms with Crippen LogP contribution in [0.5, 0.6) is 17.4 Å². The first-order valence-electron chi connectivity index (χ1n) is 9.88. The van der Waals surface area contributed by atoms with Crippen molar-refractivity contribution in [2.45, 2.75) is 24.9 Å². The number of piperidine rings is 1. The SMILES string of the molecule is O=C(C1c2ccccc2Oc2ccccc21)N1CCCC(Oc2cccnn2)C1. The number of rotatable bonds is 3. The van der Waals surface area contributed by atoms with E-state index >= 15 is 0 Å². The second kappa shape index (κ2) is 7.54. The normalized spacial score (nSPS) is 18.3. The van der Waals surface area contributed by atoms with Gasteiger partial charge < -0.3 is 14.4 Å². The number of likely N-dealkylation sites (tertiary alicyclic amines) is 1. The van der Waals surface area contributed by atoms with Crippen molar-refractivity contribution in [2.24, 2.45) is 0 Å². The van der Waals surface area contributed by atoms with Crippen molar-refractivity contribution >= 4 is 5.91 Å². The Morgan fingerprint density at radius 1 is 1.00 bits per heavy atom. The summed E-state index contributed by atoms with van der Waals surface area (Å²) in [5, 5.41) is 7.86. The average molecular weight is 387 g/mol. The van der Waals surface area contributed by atoms with Crippen molar-refractivity contribution in [1.29, 1.82) is 0 Å². The first-order chi connectivity index (χ1) is 14.3. The molecule has 1 aromatic heterocycles. The Balaban J connectivity index is 1.41. The van der Waals surface area contributed by atoms with Gasteiger partial charge in [-0.25, -0.2) is 0 Å². The van der Waals surface area contributed by atoms with Crippen molar-refractivity contribution in [3.05, 3.63) is 78.0 Å². The Morgan fingerprint density at radius 2 is 1.72 bits per heavy atom. The van der Waals surface area contributed by atoms with Gasteiger partial charge >= 0.3 is 0 Å². The van der Waals surface area contributed by atoms with Gasteiger partial charge in [-0.1, -0.05) is 36.4 Å². The minimum Gasteiger partial charge on any atom is -0.471 e. The van der Waals surface area contributed by atoms with Crippen molar-refractivity contribution in [2.75, 3.05) is 13.1 Å². The summed E-state index contributed by atoms with van der Waals surface area (Å²) in [6, 6.07) is 19.1. The molecule has 0 saturated carbocycles. The number of ether oxygens (including phenoxy) is 2. The van der Waals surface area contributed by atoms with Gasteiger partial charge in [-0.15, -0.1) is 5.10 Å². The van der Waals surface area contributed by atoms with Crippen molar-refractivity contribution in [3.63, 3.8) is 0 Å². The van der Waals surface area contributed by atoms with E-state index in [9.17, 15) is 4.79 Å². The van der Waals surface area contributed by atoms with Crippen LogP contribution in [0.1, 0.15) is 29.9 Å². The third-order valence-electron chi connectivity index (χ3n) is 5.45. The van der Waals surface area contributed by atoms with Crippen LogP contribution in [-0.2, 0) is 4.79 Å². The fourth-order valence-electron chi connectivity index (χ4n) is 4.11. The average Bonchev–Trinajstić information content (AvgIpc) is 2.78. The lowest BCUT2D eigenvalue weighted by Crippen LogP contribution is -2.46. The number of nitrogens with zero attached hydrogens (tertiary/aromatic N) is 3. The molecule has 1 unspecified atom stereocenters. The van der Waals surface area contributed by atoms with Gasteiger partial charge in [-0.05, 0) is 31.0 Å². The minimum absolute atomic E-state index is 0.0839. The fourth-order valence-corrected chi connectivity index (χ4v) is 4.11. The summed E-state index contributed by atoms with van der Waals surface area (Å²) in [5.74, 6) is 1.70. The standard InChI is InChI=1S/C23H21N3O3/c27-23(26-14-6-7-16(15-26)28-21-12-5-13-24-25-21)22-17-8-1-3-10-19(17)29-20-11-4-2-9-18(20)22/h1-5,8-13,16,22H,6-7,14-15H2. The van der Waals surface area contributed by atoms with Crippen molar-refractivity contribution < 1.29 is 14.3 Å². The van der Waals surface area contributed by atoms with E-state index in [0.717, 1.165) is 42.0 Å². The molecule has 2 aromatic carbocycles. The summed E-state index contributed by atoms with van der Waals surface area (Å²) in [5.41, 5.74) is 1.82. The molecule has 0 spiro atoms. The van der Waals surface area contributed by atoms with E-state index in [1.807, 2.05) is 53.4 Å². The first kappa shape index (κ1) is 17.7. The molecule has 1 atom stereocenters. The fraction of sp³-hybridized carbons (Fsp3) is 0.261. The van der Waals surface area contributed by atoms with Crippen molar-refractivity contribution in [1.82, 2.24) is 15.1 Å². The van der Waals surface area contributed by atoms with Crippen LogP contribution in [0.25, 0.3) is 0 Å². The minimum atomic E-state index is -0.369. The summed E-state index contributed by atoms with van der Waals surface area (Å²) in [6.07, 6.45) is 3.31. The molecule has 3 heterocycles. The molecule has 6 nitrogen and oxygen atoms in total. The number of aromatic nitrogens is 2. The van der Waals surface area contributed by atoms with Crippen LogP contribution in [-0.4, -0.2) is 40.2 Å². The molecule has 6 heteroatoms. The molecule has 5 rings (SSSR count). The molecule has 0 bridgehead atoms. The number of fused-ring (bicyclic) bond motifs is 2. The predicted molar refractivity (Wildman–Crippen MR) is 107 cm³/mol. The Labute approximate surface area is 169 Å². The maximum Gasteiger partial charge on any atom is 0.234 e. The Morgan fingerprint density at radius 3 is 2.41 bits per heavy atom. The molecule has 29 heavy (non-hydrogen) atoms. The number of carbonyl (C=O) groups is 1. The highest BCUT2D eigenvalue weighted by molar-refractivity contribution is 5.89. The summed E-state index contributed by atoms with van der Waals surface area (Å²) in [4.78, 5) is 15.6. The van der Waals surface area contributed by atoms with E-state index in [0.29, 0.717) is 12.4 Å². The number of hydrogen-bond acceptors (Lipinski definition) is 5. The molecule has 1 fully saturated rings. The zero-order chi connectivity index (χ0) is 19.6. The Hall–Kier alpha value is -3.41. The maximum atomic E-state index is 13.7. The van der Waals surface area contributed by atoms with Gasteiger partial charge in [0.15, 0.2) is 0 Å². The molecule has 0 radical (unpaired) electrons. The predicted octanol–water partition coefficient (Wildman–Crippen LogP) is 3.78. The lowest BCUT2D eigenvalue weighted by molar-refractivity contribution is -0.134. The number of hydrogen-bond donors (Lipinski definition) is 0. The number of amides is 1. The number of benzene rings is 2. The third kappa shape index (κ3) is 3.42. The first-order valence-corrected chi connectivity index (χ1v) is 9.88. The number of carbonyl (C=O) groups excluding carboxylic acids is 1. The van der Waals surface area contributed by atoms with Gasteiger partial charge in [0.25, 0.3) is 0 Å². The summed E-state index contributed by atoms with van der Waals surface area (Å²) < 4.78 is 12.0. The van der Waals surface area contributed by atoms with E-state index in [1.165, 1.54) is 0 Å². The van der Waals surface area contributed by atoms with E-state index in [2.05, 4.69) is 10.2 Å². The summed E-state index contributed by atoms with van der Waals surface area (Å²) in [7, 11) is 0. The zero-order valence-corrected chi connectivity index (χ0v) is 15.9. The highest BCUT2D eigenvalue weighted by Gasteiger charge is 2.37. The molecular weight excluding hydrogens is 366 g/mol. The van der Waals surface area contributed by atoms with E-state index in [4.69, 9.17) is 9.47 Å². The van der Waals surface area contributed by atoms with Gasteiger partial charge in [-0.3, -0.25) is 4.79 Å². The highest BCUT2D eigenvalue weighted by Crippen LogP contribution is 2.44. The lowest BCUT2D eigenvalue weighted by atomic mass is 9.86. The quantitative estimate of drug-likeness (QED) is 0.684. The second-order valence-electron chi connectivity index (χ2n) is 7.34. The summed E-state index contributed by atoms with van der Waals surface area (Å²) in [6.45, 7) is 1.26. The van der Waals surface area contributed by atoms with Crippen LogP contribution < -0.4 is 9.47 Å². The topological polar surface area (TPSA) is 64.5 Å². The monoisotopic (exact) mass is 387 g/mol. The van der Waals surface area contributed by atoms with Gasteiger partial charge in [0.2, 0.25) is 11.8 Å². The van der Waals surface area contributed by atoms with E-state index in [1.54, 1.807) is 18.3 Å². The van der Waals surface area contributed by atoms with Gasteiger partial charge in [-0.2, -0.15) is 5.10 Å². The zero-order valence-electron chi connectivity index (χ0n) is 15.9. The molecule has 2 aliphatic rings. The molecule has 1 amide bonds. The van der Waals surface area contributed by atoms with E-state index < -0.39 is 0 Å². The van der Waals surface area contributed by atoms with Crippen molar-refractivity contribution in [3.8, 4) is 17.4 Å². The Kier molecular flexibility index (Phi) is 4.60. The van der Waals surface area contributed by atoms with Crippen LogP contribution in [0.3, 0.4) is 0 Å². The third-order valence-corrected chi connectivity index (χ3v) is 5.45. The second-order valence-corrected chi connectivity index (χ2v) is 7.34. The molecule has 0 N–H and O–H groups in total. The van der Waals surface area contributed by atoms with Crippen LogP contribution in [0.4, 0.5) is 0 Å². The van der Waals surface area contributed by atoms with E-state index in [-0.39, 0.29) is 17.9 Å². The Bertz CT molecular complexity index is 979. The van der Waals surface area contributed by atoms with Gasteiger partial charge in [0, 0.05) is 29.9 Å². The smallest absolute Gasteiger partial charge is 0.234 e. The van der Waals surface area contributed by atoms with Crippen LogP contribution >= 0.6 is 0 Å². The number of para-hydroxylation sites is 2. The molecule has 0 aliphatic carbocycles. The van der Waals surface area contributed by atoms with Crippen LogP contribution in [0.2, 0.25) is 0 Å². The highest BCUT2D eigenvalue weighted by atomic mass is 16.5. The molecule has 1 saturated heterocycles. The molecule has 3 aromatic rings. The lowest BCUT2D eigenvalue weighted by Gasteiger charge is -2.36. The molecular formula is C23H21N3O3. The molecule has 146 valence electrons. The molecule has 2 aliphatic heterocycles. The van der Waals surface area contributed by atoms with Gasteiger partial charge in [0.1, 0.15) is 17.6 Å². The largest absolute Gasteiger partial charge is 0.471 e. The van der Waals surface area contributed by atoms with Crippen LogP contribution in [0.15, 0.2) is 66.9 Å². The van der Waals surface area contributed by atoms with Gasteiger partial charge in [0.05, 0.1) is 12.5 Å². The maximum absolute atomic E-state index is 13.7. The van der Waals surface area contributed by atoms with Crippen LogP contribution in [0, 0.1) is 0 Å².